The summed E-state index contributed by atoms with van der Waals surface area (Å²) in [5.41, 5.74) is 8.01. The quantitative estimate of drug-likeness (QED) is 0.840. The fourth-order valence-corrected chi connectivity index (χ4v) is 1.47. The number of carbonyl (C=O) groups is 1. The predicted octanol–water partition coefficient (Wildman–Crippen LogP) is 1.95. The summed E-state index contributed by atoms with van der Waals surface area (Å²) in [7, 11) is 0. The third-order valence-corrected chi connectivity index (χ3v) is 2.70. The van der Waals surface area contributed by atoms with E-state index >= 15 is 0 Å². The molecular weight excluding hydrogens is 212 g/mol. The van der Waals surface area contributed by atoms with E-state index in [0.717, 1.165) is 5.56 Å². The van der Waals surface area contributed by atoms with Crippen molar-refractivity contribution in [2.24, 2.45) is 5.73 Å². The van der Waals surface area contributed by atoms with E-state index in [2.05, 4.69) is 38.2 Å². The number of rotatable bonds is 3. The molecule has 0 bridgehead atoms. The molecule has 1 aromatic rings. The molecule has 0 radical (unpaired) electrons. The minimum Gasteiger partial charge on any atom is -0.351 e. The maximum absolute atomic E-state index is 11.3. The van der Waals surface area contributed by atoms with Gasteiger partial charge in [0, 0.05) is 6.54 Å². The highest BCUT2D eigenvalue weighted by molar-refractivity contribution is 5.80. The number of nitrogens with two attached hydrogens (primary N) is 1. The van der Waals surface area contributed by atoms with Crippen LogP contribution >= 0.6 is 0 Å². The van der Waals surface area contributed by atoms with E-state index < -0.39 is 6.04 Å². The number of nitrogens with one attached hydrogen (secondary N) is 1. The zero-order valence-electron chi connectivity index (χ0n) is 11.1. The van der Waals surface area contributed by atoms with Gasteiger partial charge in [0.1, 0.15) is 0 Å². The van der Waals surface area contributed by atoms with Gasteiger partial charge in [-0.25, -0.2) is 0 Å². The van der Waals surface area contributed by atoms with E-state index in [4.69, 9.17) is 5.73 Å². The van der Waals surface area contributed by atoms with E-state index in [1.807, 2.05) is 12.1 Å². The van der Waals surface area contributed by atoms with Crippen molar-refractivity contribution in [1.82, 2.24) is 5.32 Å². The second-order valence-electron chi connectivity index (χ2n) is 5.45. The molecule has 0 aliphatic carbocycles. The van der Waals surface area contributed by atoms with Crippen LogP contribution in [0.1, 0.15) is 38.8 Å². The second-order valence-corrected chi connectivity index (χ2v) is 5.45. The van der Waals surface area contributed by atoms with Crippen LogP contribution in [0.3, 0.4) is 0 Å². The van der Waals surface area contributed by atoms with Crippen molar-refractivity contribution < 1.29 is 4.79 Å². The van der Waals surface area contributed by atoms with E-state index in [1.165, 1.54) is 5.56 Å². The van der Waals surface area contributed by atoms with Crippen molar-refractivity contribution in [2.45, 2.75) is 45.7 Å². The number of amides is 1. The molecule has 0 saturated carbocycles. The monoisotopic (exact) mass is 234 g/mol. The summed E-state index contributed by atoms with van der Waals surface area (Å²) in [4.78, 5) is 11.3. The van der Waals surface area contributed by atoms with Gasteiger partial charge in [-0.2, -0.15) is 0 Å². The van der Waals surface area contributed by atoms with Gasteiger partial charge in [0.25, 0.3) is 0 Å². The zero-order chi connectivity index (χ0) is 13.1. The Morgan fingerprint density at radius 1 is 1.29 bits per heavy atom. The smallest absolute Gasteiger partial charge is 0.236 e. The van der Waals surface area contributed by atoms with E-state index in [0.29, 0.717) is 6.54 Å². The summed E-state index contributed by atoms with van der Waals surface area (Å²) >= 11 is 0. The van der Waals surface area contributed by atoms with Crippen LogP contribution in [-0.4, -0.2) is 11.9 Å². The van der Waals surface area contributed by atoms with Crippen molar-refractivity contribution in [1.29, 1.82) is 0 Å². The lowest BCUT2D eigenvalue weighted by Crippen LogP contribution is -2.37. The van der Waals surface area contributed by atoms with Crippen molar-refractivity contribution in [3.8, 4) is 0 Å². The van der Waals surface area contributed by atoms with Crippen LogP contribution in [0.15, 0.2) is 24.3 Å². The fraction of sp³-hybridized carbons (Fsp3) is 0.500. The molecule has 3 N–H and O–H groups in total. The summed E-state index contributed by atoms with van der Waals surface area (Å²) in [6, 6.07) is 7.84. The third kappa shape index (κ3) is 4.19. The Morgan fingerprint density at radius 2 is 1.82 bits per heavy atom. The number of carbonyl (C=O) groups excluding carboxylic acids is 1. The van der Waals surface area contributed by atoms with Gasteiger partial charge in [-0.15, -0.1) is 0 Å². The average molecular weight is 234 g/mol. The van der Waals surface area contributed by atoms with Gasteiger partial charge in [0.15, 0.2) is 0 Å². The maximum Gasteiger partial charge on any atom is 0.236 e. The molecule has 0 aromatic heterocycles. The number of hydrogen-bond acceptors (Lipinski definition) is 2. The number of benzene rings is 1. The first-order chi connectivity index (χ1) is 7.80. The van der Waals surface area contributed by atoms with Gasteiger partial charge in [-0.3, -0.25) is 4.79 Å². The Kier molecular flexibility index (Phi) is 4.29. The number of hydrogen-bond donors (Lipinski definition) is 2. The third-order valence-electron chi connectivity index (χ3n) is 2.70. The van der Waals surface area contributed by atoms with Crippen LogP contribution in [0.4, 0.5) is 0 Å². The molecule has 1 aromatic carbocycles. The Labute approximate surface area is 103 Å². The van der Waals surface area contributed by atoms with Crippen molar-refractivity contribution in [2.75, 3.05) is 0 Å². The minimum absolute atomic E-state index is 0.120. The molecule has 0 heterocycles. The molecular formula is C14H22N2O. The SMILES string of the molecule is C[C@@H](N)C(=O)NCc1ccc(C(C)(C)C)cc1. The molecule has 1 atom stereocenters. The molecule has 0 aliphatic heterocycles. The molecule has 94 valence electrons. The molecule has 3 heteroatoms. The summed E-state index contributed by atoms with van der Waals surface area (Å²) in [5.74, 6) is -0.120. The lowest BCUT2D eigenvalue weighted by molar-refractivity contribution is -0.122. The van der Waals surface area contributed by atoms with Crippen LogP contribution < -0.4 is 11.1 Å². The van der Waals surface area contributed by atoms with Crippen LogP contribution in [0.25, 0.3) is 0 Å². The normalized spacial score (nSPS) is 13.2. The molecule has 3 nitrogen and oxygen atoms in total. The Bertz CT molecular complexity index is 374. The first kappa shape index (κ1) is 13.7. The second kappa shape index (κ2) is 5.32. The van der Waals surface area contributed by atoms with E-state index in [1.54, 1.807) is 6.92 Å². The van der Waals surface area contributed by atoms with Gasteiger partial charge < -0.3 is 11.1 Å². The minimum atomic E-state index is -0.455. The van der Waals surface area contributed by atoms with E-state index in [-0.39, 0.29) is 11.3 Å². The highest BCUT2D eigenvalue weighted by atomic mass is 16.2. The fourth-order valence-electron chi connectivity index (χ4n) is 1.47. The van der Waals surface area contributed by atoms with Gasteiger partial charge in [0.05, 0.1) is 6.04 Å². The molecule has 0 aliphatic rings. The van der Waals surface area contributed by atoms with Crippen LogP contribution in [-0.2, 0) is 16.8 Å². The molecule has 17 heavy (non-hydrogen) atoms. The van der Waals surface area contributed by atoms with Crippen molar-refractivity contribution in [3.05, 3.63) is 35.4 Å². The van der Waals surface area contributed by atoms with Gasteiger partial charge in [0.2, 0.25) is 5.91 Å². The molecule has 1 amide bonds. The van der Waals surface area contributed by atoms with Gasteiger partial charge in [-0.05, 0) is 23.5 Å². The standard InChI is InChI=1S/C14H22N2O/c1-10(15)13(17)16-9-11-5-7-12(8-6-11)14(2,3)4/h5-8,10H,9,15H2,1-4H3,(H,16,17)/t10-/m1/s1. The summed E-state index contributed by atoms with van der Waals surface area (Å²) in [6.45, 7) is 8.75. The van der Waals surface area contributed by atoms with Crippen LogP contribution in [0, 0.1) is 0 Å². The van der Waals surface area contributed by atoms with E-state index in [9.17, 15) is 4.79 Å². The average Bonchev–Trinajstić information content (AvgIpc) is 2.25. The molecule has 0 fully saturated rings. The van der Waals surface area contributed by atoms with Crippen molar-refractivity contribution in [3.63, 3.8) is 0 Å². The Hall–Kier alpha value is -1.35. The molecule has 0 spiro atoms. The highest BCUT2D eigenvalue weighted by Crippen LogP contribution is 2.22. The maximum atomic E-state index is 11.3. The topological polar surface area (TPSA) is 55.1 Å². The van der Waals surface area contributed by atoms with Gasteiger partial charge in [-0.1, -0.05) is 45.0 Å². The lowest BCUT2D eigenvalue weighted by Gasteiger charge is -2.19. The van der Waals surface area contributed by atoms with Crippen molar-refractivity contribution >= 4 is 5.91 Å². The van der Waals surface area contributed by atoms with Gasteiger partial charge >= 0.3 is 0 Å². The summed E-state index contributed by atoms with van der Waals surface area (Å²) in [6.07, 6.45) is 0. The summed E-state index contributed by atoms with van der Waals surface area (Å²) < 4.78 is 0. The first-order valence-electron chi connectivity index (χ1n) is 5.93. The molecule has 1 rings (SSSR count). The van der Waals surface area contributed by atoms with Crippen LogP contribution in [0.5, 0.6) is 0 Å². The lowest BCUT2D eigenvalue weighted by atomic mass is 9.87. The molecule has 0 saturated heterocycles. The Balaban J connectivity index is 2.61. The zero-order valence-corrected chi connectivity index (χ0v) is 11.1. The largest absolute Gasteiger partial charge is 0.351 e. The molecule has 0 unspecified atom stereocenters. The van der Waals surface area contributed by atoms with Crippen LogP contribution in [0.2, 0.25) is 0 Å². The summed E-state index contributed by atoms with van der Waals surface area (Å²) in [5, 5.41) is 2.79. The predicted molar refractivity (Wildman–Crippen MR) is 70.6 cm³/mol. The highest BCUT2D eigenvalue weighted by Gasteiger charge is 2.13. The first-order valence-corrected chi connectivity index (χ1v) is 5.93. The Morgan fingerprint density at radius 3 is 2.24 bits per heavy atom.